The minimum Gasteiger partial charge on any atom is -0.480 e. The van der Waals surface area contributed by atoms with Crippen LogP contribution in [0, 0.1) is 5.92 Å². The molecule has 18 heavy (non-hydrogen) atoms. The molecule has 1 atom stereocenters. The zero-order valence-corrected chi connectivity index (χ0v) is 12.0. The van der Waals surface area contributed by atoms with E-state index in [9.17, 15) is 4.79 Å². The van der Waals surface area contributed by atoms with Crippen molar-refractivity contribution in [2.24, 2.45) is 5.92 Å². The normalized spacial score (nSPS) is 18.1. The summed E-state index contributed by atoms with van der Waals surface area (Å²) < 4.78 is 0. The molecule has 0 aromatic rings. The Morgan fingerprint density at radius 1 is 1.44 bits per heavy atom. The summed E-state index contributed by atoms with van der Waals surface area (Å²) in [6.45, 7) is 9.17. The van der Waals surface area contributed by atoms with Crippen molar-refractivity contribution in [3.63, 3.8) is 0 Å². The summed E-state index contributed by atoms with van der Waals surface area (Å²) in [4.78, 5) is 13.5. The number of hydrogen-bond acceptors (Lipinski definition) is 3. The number of nitrogens with zero attached hydrogens (tertiary/aromatic N) is 1. The second kappa shape index (κ2) is 7.74. The second-order valence-electron chi connectivity index (χ2n) is 5.69. The first-order chi connectivity index (χ1) is 8.52. The lowest BCUT2D eigenvalue weighted by Crippen LogP contribution is -2.44. The Labute approximate surface area is 111 Å². The van der Waals surface area contributed by atoms with Gasteiger partial charge in [-0.3, -0.25) is 4.79 Å². The standard InChI is InChI=1S/C14H28N2O2/c1-4-16(10-12-6-5-7-12)9-8-13(14(17)18)15-11(2)3/h11-13,15H,4-10H2,1-3H3,(H,17,18). The molecule has 0 aromatic heterocycles. The van der Waals surface area contributed by atoms with Crippen LogP contribution in [0.1, 0.15) is 46.5 Å². The fraction of sp³-hybridized carbons (Fsp3) is 0.929. The van der Waals surface area contributed by atoms with Crippen LogP contribution in [0.3, 0.4) is 0 Å². The molecule has 0 heterocycles. The highest BCUT2D eigenvalue weighted by Crippen LogP contribution is 2.27. The lowest BCUT2D eigenvalue weighted by atomic mass is 9.85. The van der Waals surface area contributed by atoms with Crippen molar-refractivity contribution in [3.05, 3.63) is 0 Å². The van der Waals surface area contributed by atoms with E-state index in [1.165, 1.54) is 19.3 Å². The average molecular weight is 256 g/mol. The van der Waals surface area contributed by atoms with Crippen LogP contribution in [0.4, 0.5) is 0 Å². The molecule has 0 amide bonds. The first-order valence-electron chi connectivity index (χ1n) is 7.24. The van der Waals surface area contributed by atoms with Crippen LogP contribution in [-0.2, 0) is 4.79 Å². The van der Waals surface area contributed by atoms with Gasteiger partial charge in [0, 0.05) is 19.1 Å². The number of carbonyl (C=O) groups is 1. The number of rotatable bonds is 9. The molecule has 0 saturated heterocycles. The molecule has 0 aromatic carbocycles. The maximum absolute atomic E-state index is 11.1. The molecule has 1 aliphatic carbocycles. The van der Waals surface area contributed by atoms with Crippen molar-refractivity contribution in [1.29, 1.82) is 0 Å². The van der Waals surface area contributed by atoms with Crippen LogP contribution in [0.15, 0.2) is 0 Å². The first kappa shape index (κ1) is 15.4. The number of carboxylic acid groups (broad SMARTS) is 1. The third kappa shape index (κ3) is 5.36. The van der Waals surface area contributed by atoms with Crippen LogP contribution in [0.25, 0.3) is 0 Å². The number of hydrogen-bond donors (Lipinski definition) is 2. The Hall–Kier alpha value is -0.610. The molecule has 0 spiro atoms. The molecule has 0 aliphatic heterocycles. The molecule has 1 unspecified atom stereocenters. The maximum atomic E-state index is 11.1. The molecule has 1 saturated carbocycles. The van der Waals surface area contributed by atoms with Gasteiger partial charge in [-0.05, 0) is 31.7 Å². The summed E-state index contributed by atoms with van der Waals surface area (Å²) in [6.07, 6.45) is 4.76. The first-order valence-corrected chi connectivity index (χ1v) is 7.24. The van der Waals surface area contributed by atoms with Gasteiger partial charge in [0.1, 0.15) is 6.04 Å². The largest absolute Gasteiger partial charge is 0.480 e. The van der Waals surface area contributed by atoms with E-state index in [1.807, 2.05) is 13.8 Å². The van der Waals surface area contributed by atoms with Crippen molar-refractivity contribution in [3.8, 4) is 0 Å². The Morgan fingerprint density at radius 2 is 2.11 bits per heavy atom. The van der Waals surface area contributed by atoms with Crippen molar-refractivity contribution >= 4 is 5.97 Å². The van der Waals surface area contributed by atoms with Gasteiger partial charge in [0.25, 0.3) is 0 Å². The highest BCUT2D eigenvalue weighted by Gasteiger charge is 2.22. The molecule has 1 aliphatic rings. The molecule has 0 radical (unpaired) electrons. The van der Waals surface area contributed by atoms with Crippen molar-refractivity contribution < 1.29 is 9.90 Å². The van der Waals surface area contributed by atoms with E-state index in [2.05, 4.69) is 17.1 Å². The lowest BCUT2D eigenvalue weighted by Gasteiger charge is -2.32. The molecule has 106 valence electrons. The van der Waals surface area contributed by atoms with Gasteiger partial charge in [0.05, 0.1) is 0 Å². The second-order valence-corrected chi connectivity index (χ2v) is 5.69. The monoisotopic (exact) mass is 256 g/mol. The van der Waals surface area contributed by atoms with E-state index in [1.54, 1.807) is 0 Å². The van der Waals surface area contributed by atoms with Gasteiger partial charge in [0.15, 0.2) is 0 Å². The van der Waals surface area contributed by atoms with E-state index >= 15 is 0 Å². The van der Waals surface area contributed by atoms with Crippen molar-refractivity contribution in [2.45, 2.75) is 58.5 Å². The van der Waals surface area contributed by atoms with Gasteiger partial charge in [0.2, 0.25) is 0 Å². The number of nitrogens with one attached hydrogen (secondary N) is 1. The summed E-state index contributed by atoms with van der Waals surface area (Å²) >= 11 is 0. The van der Waals surface area contributed by atoms with E-state index in [-0.39, 0.29) is 6.04 Å². The number of carboxylic acids is 1. The minimum absolute atomic E-state index is 0.216. The van der Waals surface area contributed by atoms with Crippen LogP contribution >= 0.6 is 0 Å². The molecular weight excluding hydrogens is 228 g/mol. The van der Waals surface area contributed by atoms with Crippen LogP contribution < -0.4 is 5.32 Å². The van der Waals surface area contributed by atoms with Gasteiger partial charge in [-0.1, -0.05) is 27.2 Å². The summed E-state index contributed by atoms with van der Waals surface area (Å²) in [5.41, 5.74) is 0. The molecule has 0 bridgehead atoms. The Bertz CT molecular complexity index is 252. The van der Waals surface area contributed by atoms with E-state index in [0.29, 0.717) is 6.42 Å². The molecule has 2 N–H and O–H groups in total. The molecule has 4 nitrogen and oxygen atoms in total. The van der Waals surface area contributed by atoms with E-state index in [0.717, 1.165) is 25.6 Å². The zero-order chi connectivity index (χ0) is 13.5. The average Bonchev–Trinajstić information content (AvgIpc) is 2.24. The third-order valence-corrected chi connectivity index (χ3v) is 3.75. The van der Waals surface area contributed by atoms with Gasteiger partial charge in [-0.15, -0.1) is 0 Å². The van der Waals surface area contributed by atoms with Gasteiger partial charge in [-0.25, -0.2) is 0 Å². The molecule has 1 rings (SSSR count). The number of aliphatic carboxylic acids is 1. The van der Waals surface area contributed by atoms with Crippen molar-refractivity contribution in [1.82, 2.24) is 10.2 Å². The maximum Gasteiger partial charge on any atom is 0.320 e. The SMILES string of the molecule is CCN(CCC(NC(C)C)C(=O)O)CC1CCC1. The summed E-state index contributed by atoms with van der Waals surface area (Å²) in [6, 6.07) is -0.201. The molecule has 4 heteroatoms. The summed E-state index contributed by atoms with van der Waals surface area (Å²) in [5.74, 6) is 0.120. The quantitative estimate of drug-likeness (QED) is 0.662. The highest BCUT2D eigenvalue weighted by atomic mass is 16.4. The van der Waals surface area contributed by atoms with Crippen molar-refractivity contribution in [2.75, 3.05) is 19.6 Å². The molecular formula is C14H28N2O2. The van der Waals surface area contributed by atoms with Crippen LogP contribution in [-0.4, -0.2) is 47.7 Å². The topological polar surface area (TPSA) is 52.6 Å². The fourth-order valence-corrected chi connectivity index (χ4v) is 2.41. The third-order valence-electron chi connectivity index (χ3n) is 3.75. The van der Waals surface area contributed by atoms with Gasteiger partial charge >= 0.3 is 5.97 Å². The minimum atomic E-state index is -0.733. The van der Waals surface area contributed by atoms with Crippen LogP contribution in [0.2, 0.25) is 0 Å². The summed E-state index contributed by atoms with van der Waals surface area (Å²) in [5, 5.41) is 12.3. The predicted molar refractivity (Wildman–Crippen MR) is 73.8 cm³/mol. The highest BCUT2D eigenvalue weighted by molar-refractivity contribution is 5.73. The van der Waals surface area contributed by atoms with E-state index < -0.39 is 12.0 Å². The van der Waals surface area contributed by atoms with Crippen LogP contribution in [0.5, 0.6) is 0 Å². The Balaban J connectivity index is 2.30. The van der Waals surface area contributed by atoms with E-state index in [4.69, 9.17) is 5.11 Å². The molecule has 1 fully saturated rings. The Morgan fingerprint density at radius 3 is 2.50 bits per heavy atom. The lowest BCUT2D eigenvalue weighted by molar-refractivity contribution is -0.140. The smallest absolute Gasteiger partial charge is 0.320 e. The summed E-state index contributed by atoms with van der Waals surface area (Å²) in [7, 11) is 0. The predicted octanol–water partition coefficient (Wildman–Crippen LogP) is 1.95. The van der Waals surface area contributed by atoms with Gasteiger partial charge in [-0.2, -0.15) is 0 Å². The zero-order valence-electron chi connectivity index (χ0n) is 12.0. The fourth-order valence-electron chi connectivity index (χ4n) is 2.41. The van der Waals surface area contributed by atoms with Gasteiger partial charge < -0.3 is 15.3 Å². The Kier molecular flexibility index (Phi) is 6.65.